The van der Waals surface area contributed by atoms with Crippen LogP contribution in [0.3, 0.4) is 0 Å². The van der Waals surface area contributed by atoms with E-state index in [1.165, 1.54) is 6.42 Å². The standard InChI is InChI=1S/C15H28N2O2/c1-4-8-14(18)16-13(11-12(2)3)15(19)17-9-6-5-7-10-17/h12-13H,4-11H2,1-3H3,(H,16,18)/t13-/m1/s1. The van der Waals surface area contributed by atoms with Crippen LogP contribution >= 0.6 is 0 Å². The topological polar surface area (TPSA) is 49.4 Å². The molecule has 2 amide bonds. The summed E-state index contributed by atoms with van der Waals surface area (Å²) in [5.41, 5.74) is 0. The Bertz CT molecular complexity index is 297. The summed E-state index contributed by atoms with van der Waals surface area (Å²) < 4.78 is 0. The zero-order valence-corrected chi connectivity index (χ0v) is 12.6. The van der Waals surface area contributed by atoms with Gasteiger partial charge in [-0.2, -0.15) is 0 Å². The lowest BCUT2D eigenvalue weighted by Gasteiger charge is -2.31. The van der Waals surface area contributed by atoms with E-state index in [0.717, 1.165) is 38.8 Å². The summed E-state index contributed by atoms with van der Waals surface area (Å²) in [4.78, 5) is 26.1. The molecule has 0 spiro atoms. The molecule has 1 aliphatic rings. The van der Waals surface area contributed by atoms with E-state index < -0.39 is 0 Å². The lowest BCUT2D eigenvalue weighted by Crippen LogP contribution is -2.50. The van der Waals surface area contributed by atoms with Gasteiger partial charge < -0.3 is 10.2 Å². The molecule has 0 aromatic carbocycles. The van der Waals surface area contributed by atoms with Crippen molar-refractivity contribution in [3.63, 3.8) is 0 Å². The monoisotopic (exact) mass is 268 g/mol. The maximum absolute atomic E-state index is 12.5. The molecule has 0 saturated carbocycles. The van der Waals surface area contributed by atoms with Gasteiger partial charge >= 0.3 is 0 Å². The van der Waals surface area contributed by atoms with Crippen LogP contribution in [0.1, 0.15) is 59.3 Å². The molecular formula is C15H28N2O2. The molecule has 0 aromatic rings. The van der Waals surface area contributed by atoms with Gasteiger partial charge in [-0.15, -0.1) is 0 Å². The Morgan fingerprint density at radius 2 is 1.79 bits per heavy atom. The molecule has 0 radical (unpaired) electrons. The van der Waals surface area contributed by atoms with Crippen molar-refractivity contribution in [1.29, 1.82) is 0 Å². The summed E-state index contributed by atoms with van der Waals surface area (Å²) in [6.07, 6.45) is 5.43. The minimum Gasteiger partial charge on any atom is -0.344 e. The highest BCUT2D eigenvalue weighted by Crippen LogP contribution is 2.14. The molecule has 0 unspecified atom stereocenters. The van der Waals surface area contributed by atoms with E-state index in [1.807, 2.05) is 11.8 Å². The van der Waals surface area contributed by atoms with Gasteiger partial charge in [-0.3, -0.25) is 9.59 Å². The number of hydrogen-bond acceptors (Lipinski definition) is 2. The van der Waals surface area contributed by atoms with Crippen LogP contribution in [-0.4, -0.2) is 35.8 Å². The molecule has 1 N–H and O–H groups in total. The quantitative estimate of drug-likeness (QED) is 0.804. The summed E-state index contributed by atoms with van der Waals surface area (Å²) >= 11 is 0. The maximum atomic E-state index is 12.5. The highest BCUT2D eigenvalue weighted by molar-refractivity contribution is 5.87. The van der Waals surface area contributed by atoms with E-state index in [-0.39, 0.29) is 17.9 Å². The van der Waals surface area contributed by atoms with Crippen molar-refractivity contribution in [2.24, 2.45) is 5.92 Å². The number of carbonyl (C=O) groups excluding carboxylic acids is 2. The zero-order chi connectivity index (χ0) is 14.3. The molecule has 1 heterocycles. The Balaban J connectivity index is 2.60. The number of hydrogen-bond donors (Lipinski definition) is 1. The summed E-state index contributed by atoms with van der Waals surface area (Å²) in [7, 11) is 0. The molecule has 1 saturated heterocycles. The van der Waals surface area contributed by atoms with Gasteiger partial charge in [0, 0.05) is 19.5 Å². The Hall–Kier alpha value is -1.06. The van der Waals surface area contributed by atoms with Crippen molar-refractivity contribution in [3.8, 4) is 0 Å². The van der Waals surface area contributed by atoms with Crippen LogP contribution in [0.4, 0.5) is 0 Å². The Labute approximate surface area is 116 Å². The molecule has 1 rings (SSSR count). The van der Waals surface area contributed by atoms with Crippen LogP contribution in [0.2, 0.25) is 0 Å². The minimum atomic E-state index is -0.336. The maximum Gasteiger partial charge on any atom is 0.245 e. The second-order valence-electron chi connectivity index (χ2n) is 5.89. The van der Waals surface area contributed by atoms with Gasteiger partial charge in [0.15, 0.2) is 0 Å². The Kier molecular flexibility index (Phi) is 6.89. The van der Waals surface area contributed by atoms with Gasteiger partial charge in [-0.05, 0) is 38.0 Å². The molecule has 1 atom stereocenters. The van der Waals surface area contributed by atoms with Crippen LogP contribution in [0.5, 0.6) is 0 Å². The highest BCUT2D eigenvalue weighted by Gasteiger charge is 2.27. The van der Waals surface area contributed by atoms with Gasteiger partial charge in [0.1, 0.15) is 6.04 Å². The molecule has 1 aliphatic heterocycles. The zero-order valence-electron chi connectivity index (χ0n) is 12.6. The lowest BCUT2D eigenvalue weighted by molar-refractivity contribution is -0.137. The van der Waals surface area contributed by atoms with E-state index in [0.29, 0.717) is 12.3 Å². The van der Waals surface area contributed by atoms with Crippen molar-refractivity contribution < 1.29 is 9.59 Å². The second-order valence-corrected chi connectivity index (χ2v) is 5.89. The Morgan fingerprint density at radius 3 is 2.32 bits per heavy atom. The normalized spacial score (nSPS) is 17.4. The van der Waals surface area contributed by atoms with E-state index in [1.54, 1.807) is 0 Å². The van der Waals surface area contributed by atoms with Crippen molar-refractivity contribution in [2.75, 3.05) is 13.1 Å². The van der Waals surface area contributed by atoms with E-state index in [2.05, 4.69) is 19.2 Å². The highest BCUT2D eigenvalue weighted by atomic mass is 16.2. The number of nitrogens with one attached hydrogen (secondary N) is 1. The third-order valence-electron chi connectivity index (χ3n) is 3.49. The third-order valence-corrected chi connectivity index (χ3v) is 3.49. The summed E-state index contributed by atoms with van der Waals surface area (Å²) in [6.45, 7) is 7.84. The smallest absolute Gasteiger partial charge is 0.245 e. The summed E-state index contributed by atoms with van der Waals surface area (Å²) in [5.74, 6) is 0.511. The number of likely N-dealkylation sites (tertiary alicyclic amines) is 1. The Morgan fingerprint density at radius 1 is 1.16 bits per heavy atom. The predicted molar refractivity (Wildman–Crippen MR) is 76.7 cm³/mol. The fourth-order valence-electron chi connectivity index (χ4n) is 2.52. The third kappa shape index (κ3) is 5.62. The fourth-order valence-corrected chi connectivity index (χ4v) is 2.52. The summed E-state index contributed by atoms with van der Waals surface area (Å²) in [6, 6.07) is -0.336. The molecule has 0 aromatic heterocycles. The number of piperidine rings is 1. The molecule has 0 bridgehead atoms. The molecule has 19 heavy (non-hydrogen) atoms. The largest absolute Gasteiger partial charge is 0.344 e. The van der Waals surface area contributed by atoms with Crippen LogP contribution in [0.25, 0.3) is 0 Å². The molecule has 4 nitrogen and oxygen atoms in total. The summed E-state index contributed by atoms with van der Waals surface area (Å²) in [5, 5.41) is 2.92. The van der Waals surface area contributed by atoms with Crippen LogP contribution in [0, 0.1) is 5.92 Å². The van der Waals surface area contributed by atoms with Gasteiger partial charge in [0.2, 0.25) is 11.8 Å². The van der Waals surface area contributed by atoms with E-state index in [9.17, 15) is 9.59 Å². The van der Waals surface area contributed by atoms with Gasteiger partial charge in [-0.1, -0.05) is 20.8 Å². The van der Waals surface area contributed by atoms with E-state index >= 15 is 0 Å². The first-order chi connectivity index (χ1) is 9.04. The first kappa shape index (κ1) is 16.0. The van der Waals surface area contributed by atoms with Gasteiger partial charge in [0.25, 0.3) is 0 Å². The first-order valence-corrected chi connectivity index (χ1v) is 7.62. The van der Waals surface area contributed by atoms with Gasteiger partial charge in [0.05, 0.1) is 0 Å². The molecule has 0 aliphatic carbocycles. The average Bonchev–Trinajstić information content (AvgIpc) is 2.38. The number of nitrogens with zero attached hydrogens (tertiary/aromatic N) is 1. The number of rotatable bonds is 6. The molecule has 110 valence electrons. The van der Waals surface area contributed by atoms with Crippen LogP contribution in [0.15, 0.2) is 0 Å². The average molecular weight is 268 g/mol. The van der Waals surface area contributed by atoms with E-state index in [4.69, 9.17) is 0 Å². The molecular weight excluding hydrogens is 240 g/mol. The van der Waals surface area contributed by atoms with Crippen LogP contribution in [-0.2, 0) is 9.59 Å². The molecule has 1 fully saturated rings. The van der Waals surface area contributed by atoms with Crippen molar-refractivity contribution in [1.82, 2.24) is 10.2 Å². The predicted octanol–water partition coefficient (Wildman–Crippen LogP) is 2.33. The first-order valence-electron chi connectivity index (χ1n) is 7.62. The fraction of sp³-hybridized carbons (Fsp3) is 0.867. The van der Waals surface area contributed by atoms with Crippen molar-refractivity contribution in [3.05, 3.63) is 0 Å². The van der Waals surface area contributed by atoms with Crippen LogP contribution < -0.4 is 5.32 Å². The minimum absolute atomic E-state index is 0.00138. The lowest BCUT2D eigenvalue weighted by atomic mass is 10.0. The van der Waals surface area contributed by atoms with Crippen molar-refractivity contribution in [2.45, 2.75) is 65.3 Å². The molecule has 4 heteroatoms. The number of amides is 2. The second kappa shape index (κ2) is 8.18. The number of carbonyl (C=O) groups is 2. The van der Waals surface area contributed by atoms with Crippen molar-refractivity contribution >= 4 is 11.8 Å². The SMILES string of the molecule is CCCC(=O)N[C@H](CC(C)C)C(=O)N1CCCCC1. The van der Waals surface area contributed by atoms with Gasteiger partial charge in [-0.25, -0.2) is 0 Å².